The second kappa shape index (κ2) is 5.03. The molecular formula is C12H27N4P. The van der Waals surface area contributed by atoms with Crippen LogP contribution < -0.4 is 0 Å². The number of rotatable bonds is 3. The quantitative estimate of drug-likeness (QED) is 0.724. The average Bonchev–Trinajstić information content (AvgIpc) is 2.47. The van der Waals surface area contributed by atoms with Crippen molar-refractivity contribution in [1.82, 2.24) is 14.0 Å². The highest BCUT2D eigenvalue weighted by molar-refractivity contribution is 7.59. The molecule has 0 amide bonds. The van der Waals surface area contributed by atoms with Gasteiger partial charge in [0.05, 0.1) is 5.54 Å². The molecule has 1 aliphatic heterocycles. The Kier molecular flexibility index (Phi) is 4.32. The van der Waals surface area contributed by atoms with Crippen molar-refractivity contribution < 1.29 is 0 Å². The van der Waals surface area contributed by atoms with Crippen LogP contribution in [0.4, 0.5) is 0 Å². The standard InChI is InChI=1S/C12H27N4P/c1-8-16(9-2)17(13-12(3,4)5)14(6)10-11-15(17)7/h10-11H,8-9H2,1-7H3. The van der Waals surface area contributed by atoms with Crippen molar-refractivity contribution in [2.75, 3.05) is 27.2 Å². The van der Waals surface area contributed by atoms with Gasteiger partial charge < -0.3 is 9.34 Å². The van der Waals surface area contributed by atoms with Gasteiger partial charge in [0.15, 0.2) is 0 Å². The summed E-state index contributed by atoms with van der Waals surface area (Å²) in [5.41, 5.74) is -0.0229. The first-order valence-electron chi connectivity index (χ1n) is 6.31. The van der Waals surface area contributed by atoms with Crippen LogP contribution in [-0.4, -0.2) is 46.7 Å². The molecule has 0 bridgehead atoms. The predicted octanol–water partition coefficient (Wildman–Crippen LogP) is 3.42. The molecule has 0 atom stereocenters. The first-order chi connectivity index (χ1) is 7.78. The highest BCUT2D eigenvalue weighted by Gasteiger charge is 2.37. The summed E-state index contributed by atoms with van der Waals surface area (Å²) in [5, 5.41) is 0. The van der Waals surface area contributed by atoms with Gasteiger partial charge in [-0.2, -0.15) is 0 Å². The summed E-state index contributed by atoms with van der Waals surface area (Å²) in [6, 6.07) is 0. The van der Waals surface area contributed by atoms with Crippen LogP contribution in [-0.2, 0) is 0 Å². The molecule has 1 aliphatic rings. The molecule has 1 rings (SSSR count). The lowest BCUT2D eigenvalue weighted by Gasteiger charge is -2.43. The van der Waals surface area contributed by atoms with Gasteiger partial charge >= 0.3 is 0 Å². The molecule has 100 valence electrons. The van der Waals surface area contributed by atoms with Crippen LogP contribution >= 0.6 is 7.51 Å². The lowest BCUT2D eigenvalue weighted by atomic mass is 10.1. The van der Waals surface area contributed by atoms with Gasteiger partial charge in [-0.05, 0) is 20.8 Å². The molecule has 0 saturated carbocycles. The zero-order valence-corrected chi connectivity index (χ0v) is 13.2. The molecule has 17 heavy (non-hydrogen) atoms. The maximum Gasteiger partial charge on any atom is 0.217 e. The first kappa shape index (κ1) is 14.6. The fourth-order valence-electron chi connectivity index (χ4n) is 2.20. The molecule has 0 fully saturated rings. The van der Waals surface area contributed by atoms with E-state index in [0.717, 1.165) is 13.1 Å². The first-order valence-corrected chi connectivity index (χ1v) is 7.91. The fraction of sp³-hybridized carbons (Fsp3) is 0.833. The van der Waals surface area contributed by atoms with E-state index in [2.05, 4.69) is 75.1 Å². The van der Waals surface area contributed by atoms with Crippen LogP contribution in [0.3, 0.4) is 0 Å². The Hall–Kier alpha value is -0.470. The van der Waals surface area contributed by atoms with Crippen LogP contribution in [0.1, 0.15) is 34.6 Å². The smallest absolute Gasteiger partial charge is 0.217 e. The molecule has 5 heteroatoms. The largest absolute Gasteiger partial charge is 0.319 e. The SMILES string of the molecule is CCN(CC)P1(=NC(C)(C)C)N(C)C=CN1C. The second-order valence-corrected chi connectivity index (χ2v) is 8.49. The predicted molar refractivity (Wildman–Crippen MR) is 76.7 cm³/mol. The van der Waals surface area contributed by atoms with Gasteiger partial charge in [-0.25, -0.2) is 9.42 Å². The van der Waals surface area contributed by atoms with Gasteiger partial charge in [0.2, 0.25) is 7.51 Å². The van der Waals surface area contributed by atoms with E-state index in [-0.39, 0.29) is 5.54 Å². The number of nitrogens with zero attached hydrogens (tertiary/aromatic N) is 4. The minimum atomic E-state index is -1.75. The number of hydrogen-bond acceptors (Lipinski definition) is 1. The third-order valence-corrected chi connectivity index (χ3v) is 7.04. The molecule has 0 radical (unpaired) electrons. The van der Waals surface area contributed by atoms with E-state index >= 15 is 0 Å². The molecule has 4 nitrogen and oxygen atoms in total. The highest BCUT2D eigenvalue weighted by Crippen LogP contribution is 2.62. The summed E-state index contributed by atoms with van der Waals surface area (Å²) in [4.78, 5) is 0. The molecule has 0 saturated heterocycles. The van der Waals surface area contributed by atoms with Crippen LogP contribution in [0.2, 0.25) is 0 Å². The van der Waals surface area contributed by atoms with Gasteiger partial charge in [0, 0.05) is 39.6 Å². The van der Waals surface area contributed by atoms with Crippen LogP contribution in [0, 0.1) is 0 Å². The summed E-state index contributed by atoms with van der Waals surface area (Å²) < 4.78 is 12.2. The molecule has 0 N–H and O–H groups in total. The third-order valence-electron chi connectivity index (χ3n) is 2.89. The Balaban J connectivity index is 3.33. The normalized spacial score (nSPS) is 19.3. The molecule has 0 aromatic rings. The summed E-state index contributed by atoms with van der Waals surface area (Å²) in [6.07, 6.45) is 4.28. The average molecular weight is 258 g/mol. The van der Waals surface area contributed by atoms with Crippen LogP contribution in [0.5, 0.6) is 0 Å². The van der Waals surface area contributed by atoms with E-state index in [0.29, 0.717) is 0 Å². The van der Waals surface area contributed by atoms with Crippen molar-refractivity contribution in [1.29, 1.82) is 0 Å². The molecule has 0 spiro atoms. The minimum absolute atomic E-state index is 0.0229. The molecule has 0 aromatic heterocycles. The molecule has 0 aliphatic carbocycles. The van der Waals surface area contributed by atoms with Gasteiger partial charge in [0.25, 0.3) is 0 Å². The van der Waals surface area contributed by atoms with Crippen molar-refractivity contribution in [3.63, 3.8) is 0 Å². The van der Waals surface area contributed by atoms with Crippen molar-refractivity contribution in [3.05, 3.63) is 12.4 Å². The van der Waals surface area contributed by atoms with Crippen LogP contribution in [0.15, 0.2) is 17.1 Å². The Bertz CT molecular complexity index is 323. The maximum atomic E-state index is 5.17. The topological polar surface area (TPSA) is 22.1 Å². The van der Waals surface area contributed by atoms with E-state index < -0.39 is 7.51 Å². The maximum absolute atomic E-state index is 5.17. The zero-order valence-electron chi connectivity index (χ0n) is 12.3. The van der Waals surface area contributed by atoms with Gasteiger partial charge in [-0.1, -0.05) is 13.8 Å². The van der Waals surface area contributed by atoms with Gasteiger partial charge in [-0.3, -0.25) is 0 Å². The Morgan fingerprint density at radius 2 is 1.47 bits per heavy atom. The van der Waals surface area contributed by atoms with Gasteiger partial charge in [0.1, 0.15) is 0 Å². The Labute approximate surface area is 106 Å². The summed E-state index contributed by atoms with van der Waals surface area (Å²) in [7, 11) is 2.53. The summed E-state index contributed by atoms with van der Waals surface area (Å²) in [6.45, 7) is 13.0. The minimum Gasteiger partial charge on any atom is -0.319 e. The van der Waals surface area contributed by atoms with Gasteiger partial charge in [-0.15, -0.1) is 0 Å². The molecular weight excluding hydrogens is 231 g/mol. The third kappa shape index (κ3) is 2.69. The Morgan fingerprint density at radius 3 is 1.76 bits per heavy atom. The van der Waals surface area contributed by atoms with E-state index in [9.17, 15) is 0 Å². The molecule has 0 unspecified atom stereocenters. The summed E-state index contributed by atoms with van der Waals surface area (Å²) in [5.74, 6) is 0. The van der Waals surface area contributed by atoms with E-state index in [4.69, 9.17) is 4.74 Å². The Morgan fingerprint density at radius 1 is 1.06 bits per heavy atom. The van der Waals surface area contributed by atoms with Crippen molar-refractivity contribution >= 4 is 7.51 Å². The second-order valence-electron chi connectivity index (χ2n) is 5.39. The van der Waals surface area contributed by atoms with E-state index in [1.807, 2.05) is 0 Å². The van der Waals surface area contributed by atoms with Crippen molar-refractivity contribution in [3.8, 4) is 0 Å². The van der Waals surface area contributed by atoms with Crippen LogP contribution in [0.25, 0.3) is 0 Å². The van der Waals surface area contributed by atoms with Crippen molar-refractivity contribution in [2.24, 2.45) is 4.74 Å². The van der Waals surface area contributed by atoms with E-state index in [1.165, 1.54) is 0 Å². The fourth-order valence-corrected chi connectivity index (χ4v) is 5.90. The molecule has 1 heterocycles. The zero-order chi connectivity index (χ0) is 13.3. The van der Waals surface area contributed by atoms with E-state index in [1.54, 1.807) is 0 Å². The molecule has 0 aromatic carbocycles. The van der Waals surface area contributed by atoms with Crippen molar-refractivity contribution in [2.45, 2.75) is 40.2 Å². The lowest BCUT2D eigenvalue weighted by molar-refractivity contribution is 0.431. The number of hydrogen-bond donors (Lipinski definition) is 0. The summed E-state index contributed by atoms with van der Waals surface area (Å²) >= 11 is 0. The lowest BCUT2D eigenvalue weighted by Crippen LogP contribution is -2.32. The highest BCUT2D eigenvalue weighted by atomic mass is 31.2. The monoisotopic (exact) mass is 258 g/mol.